The summed E-state index contributed by atoms with van der Waals surface area (Å²) < 4.78 is 100. The minimum Gasteiger partial charge on any atom is -0.473 e. The smallest absolute Gasteiger partial charge is 0.418 e. The largest absolute Gasteiger partial charge is 0.473 e. The van der Waals surface area contributed by atoms with Gasteiger partial charge >= 0.3 is 23.9 Å². The molecule has 1 heterocycles. The van der Waals surface area contributed by atoms with Gasteiger partial charge in [0.2, 0.25) is 5.82 Å². The maximum atomic E-state index is 15.6. The molecule has 250 valence electrons. The van der Waals surface area contributed by atoms with Gasteiger partial charge in [-0.3, -0.25) is 9.79 Å². The SMILES string of the molecule is CCCNCCOCCOCC1=C(C(=O)OCC)C(OC(=O)C(=O)O)(c2c(F)c(F)c(F)c(F)c2F)C(C(=O)OCC)C(C)=N1. The molecule has 0 aromatic heterocycles. The lowest BCUT2D eigenvalue weighted by molar-refractivity contribution is -0.181. The summed E-state index contributed by atoms with van der Waals surface area (Å²) in [4.78, 5) is 55.1. The van der Waals surface area contributed by atoms with E-state index in [-0.39, 0.29) is 13.2 Å². The van der Waals surface area contributed by atoms with Gasteiger partial charge in [-0.2, -0.15) is 0 Å². The van der Waals surface area contributed by atoms with Crippen molar-refractivity contribution in [3.8, 4) is 0 Å². The van der Waals surface area contributed by atoms with Crippen LogP contribution in [0.2, 0.25) is 0 Å². The van der Waals surface area contributed by atoms with Crippen molar-refractivity contribution >= 4 is 29.6 Å². The highest BCUT2D eigenvalue weighted by Gasteiger charge is 2.62. The van der Waals surface area contributed by atoms with E-state index in [9.17, 15) is 37.5 Å². The molecule has 12 nitrogen and oxygen atoms in total. The lowest BCUT2D eigenvalue weighted by Gasteiger charge is -2.42. The van der Waals surface area contributed by atoms with Gasteiger partial charge in [-0.05, 0) is 33.7 Å². The van der Waals surface area contributed by atoms with Crippen LogP contribution >= 0.6 is 0 Å². The summed E-state index contributed by atoms with van der Waals surface area (Å²) in [5.41, 5.74) is -8.15. The molecule has 2 unspecified atom stereocenters. The predicted octanol–water partition coefficient (Wildman–Crippen LogP) is 2.71. The number of ether oxygens (including phenoxy) is 5. The average Bonchev–Trinajstić information content (AvgIpc) is 2.98. The lowest BCUT2D eigenvalue weighted by Crippen LogP contribution is -2.55. The number of halogens is 5. The standard InChI is InChI=1S/C28H33F5N2O10/c1-5-8-34-9-10-41-11-12-42-13-15-17(26(39)44-7-3)28(45-27(40)24(36)37,16(14(4)35-15)25(38)43-6-2)18-19(29)21(31)23(33)22(32)20(18)30/h16,34H,5-13H2,1-4H3,(H,36,37). The number of rotatable bonds is 16. The number of hydrogen-bond acceptors (Lipinski definition) is 11. The Morgan fingerprint density at radius 1 is 0.844 bits per heavy atom. The molecule has 1 aliphatic heterocycles. The number of nitrogens with one attached hydrogen (secondary N) is 1. The number of aliphatic imine (C=N–C) groups is 1. The van der Waals surface area contributed by atoms with Crippen LogP contribution in [-0.4, -0.2) is 87.4 Å². The number of carbonyl (C=O) groups is 4. The maximum absolute atomic E-state index is 15.6. The van der Waals surface area contributed by atoms with Crippen LogP contribution in [0.25, 0.3) is 0 Å². The van der Waals surface area contributed by atoms with E-state index in [2.05, 4.69) is 10.3 Å². The number of aliphatic carboxylic acids is 1. The van der Waals surface area contributed by atoms with Gasteiger partial charge in [-0.15, -0.1) is 0 Å². The molecule has 2 N–H and O–H groups in total. The van der Waals surface area contributed by atoms with Crippen LogP contribution in [0, 0.1) is 35.0 Å². The molecule has 0 spiro atoms. The Balaban J connectivity index is 2.89. The fraction of sp³-hybridized carbons (Fsp3) is 0.536. The van der Waals surface area contributed by atoms with E-state index in [1.54, 1.807) is 0 Å². The van der Waals surface area contributed by atoms with Crippen LogP contribution in [-0.2, 0) is 48.5 Å². The van der Waals surface area contributed by atoms with Crippen molar-refractivity contribution in [2.75, 3.05) is 52.7 Å². The van der Waals surface area contributed by atoms with Crippen molar-refractivity contribution in [2.45, 2.75) is 39.7 Å². The van der Waals surface area contributed by atoms with Crippen LogP contribution < -0.4 is 5.32 Å². The van der Waals surface area contributed by atoms with E-state index < -0.39 is 107 Å². The number of benzene rings is 1. The molecule has 0 fully saturated rings. The molecule has 1 aliphatic rings. The summed E-state index contributed by atoms with van der Waals surface area (Å²) >= 11 is 0. The minimum absolute atomic E-state index is 0.000750. The summed E-state index contributed by atoms with van der Waals surface area (Å²) in [6, 6.07) is 0. The van der Waals surface area contributed by atoms with E-state index in [4.69, 9.17) is 23.7 Å². The molecule has 0 radical (unpaired) electrons. The first-order valence-electron chi connectivity index (χ1n) is 13.8. The Kier molecular flexibility index (Phi) is 14.0. The Bertz CT molecular complexity index is 1320. The topological polar surface area (TPSA) is 159 Å². The molecule has 2 atom stereocenters. The lowest BCUT2D eigenvalue weighted by atomic mass is 9.70. The number of carboxylic acids is 1. The summed E-state index contributed by atoms with van der Waals surface area (Å²) in [6.45, 7) is 5.39. The molecule has 0 aliphatic carbocycles. The van der Waals surface area contributed by atoms with Gasteiger partial charge < -0.3 is 34.1 Å². The zero-order valence-corrected chi connectivity index (χ0v) is 24.9. The molecular weight excluding hydrogens is 619 g/mol. The highest BCUT2D eigenvalue weighted by atomic mass is 19.2. The zero-order chi connectivity index (χ0) is 33.9. The van der Waals surface area contributed by atoms with Gasteiger partial charge in [0.25, 0.3) is 0 Å². The van der Waals surface area contributed by atoms with Crippen LogP contribution in [0.4, 0.5) is 22.0 Å². The quantitative estimate of drug-likeness (QED) is 0.0514. The molecular formula is C28H33F5N2O10. The Hall–Kier alpha value is -3.96. The normalized spacial score (nSPS) is 18.0. The first kappa shape index (κ1) is 37.2. The molecule has 0 saturated heterocycles. The molecule has 0 amide bonds. The molecule has 1 aromatic carbocycles. The summed E-state index contributed by atoms with van der Waals surface area (Å²) in [5.74, 6) is -23.3. The second-order valence-electron chi connectivity index (χ2n) is 9.27. The van der Waals surface area contributed by atoms with Gasteiger partial charge in [0, 0.05) is 12.3 Å². The van der Waals surface area contributed by atoms with Gasteiger partial charge in [-0.25, -0.2) is 36.3 Å². The van der Waals surface area contributed by atoms with Crippen molar-refractivity contribution in [3.63, 3.8) is 0 Å². The minimum atomic E-state index is -3.70. The van der Waals surface area contributed by atoms with Crippen LogP contribution in [0.3, 0.4) is 0 Å². The Morgan fingerprint density at radius 3 is 1.98 bits per heavy atom. The molecule has 17 heteroatoms. The number of hydrogen-bond donors (Lipinski definition) is 2. The third kappa shape index (κ3) is 8.20. The number of esters is 3. The third-order valence-electron chi connectivity index (χ3n) is 6.27. The van der Waals surface area contributed by atoms with E-state index in [0.29, 0.717) is 13.2 Å². The number of nitrogens with zero attached hydrogens (tertiary/aromatic N) is 1. The average molecular weight is 653 g/mol. The highest BCUT2D eigenvalue weighted by Crippen LogP contribution is 2.50. The van der Waals surface area contributed by atoms with Crippen molar-refractivity contribution in [2.24, 2.45) is 10.9 Å². The molecule has 45 heavy (non-hydrogen) atoms. The second-order valence-corrected chi connectivity index (χ2v) is 9.27. The van der Waals surface area contributed by atoms with Gasteiger partial charge in [0.15, 0.2) is 28.9 Å². The fourth-order valence-corrected chi connectivity index (χ4v) is 4.51. The van der Waals surface area contributed by atoms with Gasteiger partial charge in [-0.1, -0.05) is 6.92 Å². The van der Waals surface area contributed by atoms with E-state index in [1.165, 1.54) is 13.8 Å². The molecule has 1 aromatic rings. The molecule has 0 bridgehead atoms. The number of carboxylic acid groups (broad SMARTS) is 1. The van der Waals surface area contributed by atoms with Crippen LogP contribution in [0.5, 0.6) is 0 Å². The first-order valence-corrected chi connectivity index (χ1v) is 13.8. The molecule has 0 saturated carbocycles. The summed E-state index contributed by atoms with van der Waals surface area (Å²) in [7, 11) is 0. The van der Waals surface area contributed by atoms with Gasteiger partial charge in [0.05, 0.1) is 50.9 Å². The second kappa shape index (κ2) is 16.9. The van der Waals surface area contributed by atoms with Crippen molar-refractivity contribution in [3.05, 3.63) is 45.9 Å². The monoisotopic (exact) mass is 652 g/mol. The first-order chi connectivity index (χ1) is 21.3. The van der Waals surface area contributed by atoms with Gasteiger partial charge in [0.1, 0.15) is 11.5 Å². The van der Waals surface area contributed by atoms with E-state index in [1.807, 2.05) is 6.92 Å². The predicted molar refractivity (Wildman–Crippen MR) is 143 cm³/mol. The Labute approximate surface area is 254 Å². The van der Waals surface area contributed by atoms with Crippen molar-refractivity contribution < 1.29 is 69.9 Å². The molecule has 2 rings (SSSR count). The maximum Gasteiger partial charge on any atom is 0.418 e. The highest BCUT2D eigenvalue weighted by molar-refractivity contribution is 6.29. The Morgan fingerprint density at radius 2 is 1.42 bits per heavy atom. The zero-order valence-electron chi connectivity index (χ0n) is 24.9. The van der Waals surface area contributed by atoms with E-state index in [0.717, 1.165) is 19.9 Å². The van der Waals surface area contributed by atoms with Crippen LogP contribution in [0.15, 0.2) is 16.3 Å². The number of carbonyl (C=O) groups excluding carboxylic acids is 3. The van der Waals surface area contributed by atoms with E-state index >= 15 is 8.78 Å². The van der Waals surface area contributed by atoms with Crippen LogP contribution in [0.1, 0.15) is 39.7 Å². The fourth-order valence-electron chi connectivity index (χ4n) is 4.51. The summed E-state index contributed by atoms with van der Waals surface area (Å²) in [5, 5.41) is 12.5. The summed E-state index contributed by atoms with van der Waals surface area (Å²) in [6.07, 6.45) is 0.909. The van der Waals surface area contributed by atoms with Crippen molar-refractivity contribution in [1.82, 2.24) is 5.32 Å². The van der Waals surface area contributed by atoms with Crippen molar-refractivity contribution in [1.29, 1.82) is 0 Å². The third-order valence-corrected chi connectivity index (χ3v) is 6.27.